The second-order valence-electron chi connectivity index (χ2n) is 3.75. The monoisotopic (exact) mass is 285 g/mol. The molecule has 0 bridgehead atoms. The molecule has 4 nitrogen and oxygen atoms in total. The van der Waals surface area contributed by atoms with Gasteiger partial charge < -0.3 is 14.0 Å². The van der Waals surface area contributed by atoms with Crippen molar-refractivity contribution < 1.29 is 27.2 Å². The highest BCUT2D eigenvalue weighted by atomic mass is 19.4. The van der Waals surface area contributed by atoms with Gasteiger partial charge in [-0.3, -0.25) is 0 Å². The summed E-state index contributed by atoms with van der Waals surface area (Å²) in [7, 11) is 1.47. The van der Waals surface area contributed by atoms with Crippen molar-refractivity contribution in [2.24, 2.45) is 0 Å². The van der Waals surface area contributed by atoms with Crippen LogP contribution < -0.4 is 4.74 Å². The molecule has 0 aliphatic carbocycles. The van der Waals surface area contributed by atoms with E-state index in [-0.39, 0.29) is 11.3 Å². The lowest BCUT2D eigenvalue weighted by Crippen LogP contribution is -2.17. The smallest absolute Gasteiger partial charge is 0.504 e. The maximum Gasteiger partial charge on any atom is 0.573 e. The first kappa shape index (κ1) is 14.0. The SMILES string of the molecule is COC=Cc1ccc(OC(F)(F)F)c(-c2cnoc2)c1. The van der Waals surface area contributed by atoms with Gasteiger partial charge in [-0.1, -0.05) is 11.2 Å². The highest BCUT2D eigenvalue weighted by Crippen LogP contribution is 2.34. The van der Waals surface area contributed by atoms with Crippen molar-refractivity contribution in [2.75, 3.05) is 7.11 Å². The number of alkyl halides is 3. The Balaban J connectivity index is 2.44. The molecule has 1 aromatic carbocycles. The molecule has 0 aliphatic rings. The summed E-state index contributed by atoms with van der Waals surface area (Å²) in [5, 5.41) is 3.47. The maximum absolute atomic E-state index is 12.4. The molecular formula is C13H10F3NO3. The summed E-state index contributed by atoms with van der Waals surface area (Å²) in [6.45, 7) is 0. The Morgan fingerprint density at radius 2 is 2.10 bits per heavy atom. The third-order valence-electron chi connectivity index (χ3n) is 2.37. The Morgan fingerprint density at radius 3 is 2.70 bits per heavy atom. The number of benzene rings is 1. The van der Waals surface area contributed by atoms with E-state index in [0.29, 0.717) is 11.1 Å². The second-order valence-corrected chi connectivity index (χ2v) is 3.75. The van der Waals surface area contributed by atoms with Crippen LogP contribution in [0.5, 0.6) is 5.75 Å². The fraction of sp³-hybridized carbons (Fsp3) is 0.154. The normalized spacial score (nSPS) is 11.8. The molecule has 2 rings (SSSR count). The number of methoxy groups -OCH3 is 1. The molecule has 1 aromatic heterocycles. The number of aromatic nitrogens is 1. The molecule has 0 saturated heterocycles. The van der Waals surface area contributed by atoms with Crippen LogP contribution in [-0.2, 0) is 4.74 Å². The van der Waals surface area contributed by atoms with Crippen LogP contribution in [0.4, 0.5) is 13.2 Å². The third-order valence-corrected chi connectivity index (χ3v) is 2.37. The Hall–Kier alpha value is -2.44. The molecule has 20 heavy (non-hydrogen) atoms. The van der Waals surface area contributed by atoms with Gasteiger partial charge in [-0.2, -0.15) is 0 Å². The van der Waals surface area contributed by atoms with E-state index in [1.165, 1.54) is 44.0 Å². The van der Waals surface area contributed by atoms with E-state index in [1.807, 2.05) is 0 Å². The van der Waals surface area contributed by atoms with E-state index < -0.39 is 6.36 Å². The molecule has 0 atom stereocenters. The molecule has 0 N–H and O–H groups in total. The van der Waals surface area contributed by atoms with Gasteiger partial charge in [-0.05, 0) is 23.8 Å². The summed E-state index contributed by atoms with van der Waals surface area (Å²) >= 11 is 0. The number of hydrogen-bond acceptors (Lipinski definition) is 4. The molecule has 0 aliphatic heterocycles. The van der Waals surface area contributed by atoms with E-state index in [0.717, 1.165) is 0 Å². The first-order chi connectivity index (χ1) is 9.49. The molecule has 0 unspecified atom stereocenters. The van der Waals surface area contributed by atoms with E-state index in [9.17, 15) is 13.2 Å². The Morgan fingerprint density at radius 1 is 1.30 bits per heavy atom. The lowest BCUT2D eigenvalue weighted by atomic mass is 10.0. The van der Waals surface area contributed by atoms with Crippen molar-refractivity contribution in [1.82, 2.24) is 5.16 Å². The Labute approximate surface area is 112 Å². The summed E-state index contributed by atoms with van der Waals surface area (Å²) in [5.74, 6) is -0.324. The molecule has 2 aromatic rings. The number of nitrogens with zero attached hydrogens (tertiary/aromatic N) is 1. The lowest BCUT2D eigenvalue weighted by molar-refractivity contribution is -0.274. The quantitative estimate of drug-likeness (QED) is 0.800. The summed E-state index contributed by atoms with van der Waals surface area (Å²) in [5.41, 5.74) is 1.26. The van der Waals surface area contributed by atoms with Gasteiger partial charge in [0.25, 0.3) is 0 Å². The van der Waals surface area contributed by atoms with Gasteiger partial charge >= 0.3 is 6.36 Å². The minimum absolute atomic E-state index is 0.224. The standard InChI is InChI=1S/C13H10F3NO3/c1-18-5-4-9-2-3-12(20-13(14,15)16)11(6-9)10-7-17-19-8-10/h2-8H,1H3. The van der Waals surface area contributed by atoms with E-state index in [4.69, 9.17) is 4.74 Å². The second kappa shape index (κ2) is 5.68. The van der Waals surface area contributed by atoms with E-state index >= 15 is 0 Å². The van der Waals surface area contributed by atoms with Crippen LogP contribution in [0.15, 0.2) is 41.4 Å². The predicted molar refractivity (Wildman–Crippen MR) is 64.7 cm³/mol. The summed E-state index contributed by atoms with van der Waals surface area (Å²) in [6.07, 6.45) is 0.798. The summed E-state index contributed by atoms with van der Waals surface area (Å²) in [6, 6.07) is 4.22. The minimum atomic E-state index is -4.77. The third kappa shape index (κ3) is 3.53. The van der Waals surface area contributed by atoms with Gasteiger partial charge in [-0.15, -0.1) is 13.2 Å². The van der Waals surface area contributed by atoms with E-state index in [1.54, 1.807) is 6.08 Å². The zero-order chi connectivity index (χ0) is 14.6. The molecule has 0 amide bonds. The molecular weight excluding hydrogens is 275 g/mol. The minimum Gasteiger partial charge on any atom is -0.504 e. The number of hydrogen-bond donors (Lipinski definition) is 0. The van der Waals surface area contributed by atoms with Crippen molar-refractivity contribution in [3.05, 3.63) is 42.5 Å². The summed E-state index contributed by atoms with van der Waals surface area (Å²) in [4.78, 5) is 0. The number of rotatable bonds is 4. The van der Waals surface area contributed by atoms with Crippen molar-refractivity contribution in [1.29, 1.82) is 0 Å². The van der Waals surface area contributed by atoms with Crippen molar-refractivity contribution in [2.45, 2.75) is 6.36 Å². The van der Waals surface area contributed by atoms with E-state index in [2.05, 4.69) is 14.4 Å². The van der Waals surface area contributed by atoms with Crippen LogP contribution in [0, 0.1) is 0 Å². The van der Waals surface area contributed by atoms with Gasteiger partial charge in [0.1, 0.15) is 12.0 Å². The van der Waals surface area contributed by atoms with Crippen molar-refractivity contribution in [3.63, 3.8) is 0 Å². The van der Waals surface area contributed by atoms with Crippen molar-refractivity contribution in [3.8, 4) is 16.9 Å². The first-order valence-electron chi connectivity index (χ1n) is 5.48. The van der Waals surface area contributed by atoms with Crippen LogP contribution in [0.2, 0.25) is 0 Å². The number of ether oxygens (including phenoxy) is 2. The van der Waals surface area contributed by atoms with Crippen LogP contribution >= 0.6 is 0 Å². The van der Waals surface area contributed by atoms with Crippen LogP contribution in [0.25, 0.3) is 17.2 Å². The van der Waals surface area contributed by atoms with Crippen LogP contribution in [0.1, 0.15) is 5.56 Å². The molecule has 7 heteroatoms. The molecule has 0 saturated carbocycles. The average molecular weight is 285 g/mol. The van der Waals surface area contributed by atoms with Crippen molar-refractivity contribution >= 4 is 6.08 Å². The zero-order valence-electron chi connectivity index (χ0n) is 10.3. The Bertz CT molecular complexity index is 591. The fourth-order valence-electron chi connectivity index (χ4n) is 1.58. The first-order valence-corrected chi connectivity index (χ1v) is 5.48. The summed E-state index contributed by atoms with van der Waals surface area (Å²) < 4.78 is 50.5. The van der Waals surface area contributed by atoms with Gasteiger partial charge in [0.05, 0.1) is 19.6 Å². The fourth-order valence-corrected chi connectivity index (χ4v) is 1.58. The van der Waals surface area contributed by atoms with Gasteiger partial charge in [0, 0.05) is 11.1 Å². The predicted octanol–water partition coefficient (Wildman–Crippen LogP) is 3.86. The molecule has 0 spiro atoms. The van der Waals surface area contributed by atoms with Crippen LogP contribution in [0.3, 0.4) is 0 Å². The topological polar surface area (TPSA) is 44.5 Å². The largest absolute Gasteiger partial charge is 0.573 e. The zero-order valence-corrected chi connectivity index (χ0v) is 10.3. The molecule has 1 heterocycles. The van der Waals surface area contributed by atoms with Crippen LogP contribution in [-0.4, -0.2) is 18.6 Å². The highest BCUT2D eigenvalue weighted by Gasteiger charge is 2.32. The Kier molecular flexibility index (Phi) is 3.97. The maximum atomic E-state index is 12.4. The molecule has 0 radical (unpaired) electrons. The lowest BCUT2D eigenvalue weighted by Gasteiger charge is -2.12. The van der Waals surface area contributed by atoms with Gasteiger partial charge in [0.2, 0.25) is 0 Å². The molecule has 0 fully saturated rings. The molecule has 106 valence electrons. The highest BCUT2D eigenvalue weighted by molar-refractivity contribution is 5.72. The average Bonchev–Trinajstić information content (AvgIpc) is 2.89. The van der Waals surface area contributed by atoms with Gasteiger partial charge in [0.15, 0.2) is 0 Å². The van der Waals surface area contributed by atoms with Gasteiger partial charge in [-0.25, -0.2) is 0 Å². The number of halogens is 3.